The van der Waals surface area contributed by atoms with Gasteiger partial charge in [-0.25, -0.2) is 23.2 Å². The molecule has 92 valence electrons. The molecule has 1 saturated heterocycles. The van der Waals surface area contributed by atoms with Crippen LogP contribution in [0.25, 0.3) is 0 Å². The quantitative estimate of drug-likeness (QED) is 0.458. The Balaban J connectivity index is 0.000000221. The monoisotopic (exact) mass is 286 g/mol. The molecule has 0 unspecified atom stereocenters. The van der Waals surface area contributed by atoms with E-state index in [0.29, 0.717) is 0 Å². The zero-order valence-electron chi connectivity index (χ0n) is 8.33. The summed E-state index contributed by atoms with van der Waals surface area (Å²) in [4.78, 5) is 0. The molecule has 1 aliphatic heterocycles. The van der Waals surface area contributed by atoms with Crippen LogP contribution in [0.4, 0.5) is 0 Å². The Hall–Kier alpha value is -0.0900. The van der Waals surface area contributed by atoms with Gasteiger partial charge in [-0.2, -0.15) is 4.37 Å². The summed E-state index contributed by atoms with van der Waals surface area (Å²) in [5, 5.41) is 0. The van der Waals surface area contributed by atoms with Crippen molar-refractivity contribution in [3.63, 3.8) is 0 Å². The van der Waals surface area contributed by atoms with Crippen LogP contribution in [0.15, 0.2) is 5.51 Å². The van der Waals surface area contributed by atoms with Crippen LogP contribution in [0.2, 0.25) is 0 Å². The van der Waals surface area contributed by atoms with Crippen molar-refractivity contribution >= 4 is 22.9 Å². The molecule has 1 fully saturated rings. The minimum Gasteiger partial charge on any atom is -0.222 e. The fraction of sp³-hybridized carbons (Fsp3) is 0.714. The molecule has 0 bridgehead atoms. The standard InChI is InChI=1S/C7H11N2S2.ClHO4/c1-2-4-9(5-3-1)7-10-6-8-11-7;2-1(3,4)5/h6H,1-5H2;(H,2,3,4,5)/q+1;/p-1. The van der Waals surface area contributed by atoms with Crippen LogP contribution in [0, 0.1) is 10.2 Å². The Morgan fingerprint density at radius 2 is 1.69 bits per heavy atom. The van der Waals surface area contributed by atoms with Crippen molar-refractivity contribution in [2.45, 2.75) is 19.3 Å². The van der Waals surface area contributed by atoms with E-state index in [1.54, 1.807) is 22.9 Å². The van der Waals surface area contributed by atoms with Gasteiger partial charge in [0.25, 0.3) is 0 Å². The topological polar surface area (TPSA) is 108 Å². The molecule has 0 aromatic carbocycles. The van der Waals surface area contributed by atoms with Gasteiger partial charge in [0, 0.05) is 24.4 Å². The van der Waals surface area contributed by atoms with Crippen LogP contribution >= 0.6 is 22.9 Å². The predicted octanol–water partition coefficient (Wildman–Crippen LogP) is -3.60. The zero-order valence-corrected chi connectivity index (χ0v) is 10.7. The van der Waals surface area contributed by atoms with Crippen molar-refractivity contribution in [1.29, 1.82) is 0 Å². The van der Waals surface area contributed by atoms with E-state index in [1.807, 2.05) is 5.51 Å². The highest BCUT2D eigenvalue weighted by Crippen LogP contribution is 2.02. The fourth-order valence-corrected chi connectivity index (χ4v) is 2.95. The summed E-state index contributed by atoms with van der Waals surface area (Å²) in [6, 6.07) is 0. The van der Waals surface area contributed by atoms with Crippen LogP contribution in [-0.4, -0.2) is 17.5 Å². The summed E-state index contributed by atoms with van der Waals surface area (Å²) in [6.45, 7) is 2.47. The largest absolute Gasteiger partial charge is 0.333 e. The third kappa shape index (κ3) is 6.48. The zero-order chi connectivity index (χ0) is 12.0. The molecule has 0 aliphatic carbocycles. The maximum Gasteiger partial charge on any atom is 0.333 e. The average Bonchev–Trinajstić information content (AvgIpc) is 2.69. The van der Waals surface area contributed by atoms with E-state index in [2.05, 4.69) is 8.95 Å². The fourth-order valence-electron chi connectivity index (χ4n) is 1.36. The number of hydrogen-bond acceptors (Lipinski definition) is 7. The number of halogens is 1. The minimum atomic E-state index is -4.94. The van der Waals surface area contributed by atoms with Gasteiger partial charge in [-0.15, -0.1) is 10.2 Å². The second kappa shape index (κ2) is 6.60. The number of rotatable bonds is 0. The molecular weight excluding hydrogens is 276 g/mol. The van der Waals surface area contributed by atoms with Crippen molar-refractivity contribution < 1.29 is 28.9 Å². The summed E-state index contributed by atoms with van der Waals surface area (Å²) in [5.74, 6) is 0. The highest BCUT2D eigenvalue weighted by Gasteiger charge is 2.12. The Morgan fingerprint density at radius 3 is 2.12 bits per heavy atom. The van der Waals surface area contributed by atoms with E-state index >= 15 is 0 Å². The Morgan fingerprint density at radius 1 is 1.12 bits per heavy atom. The van der Waals surface area contributed by atoms with Crippen molar-refractivity contribution in [2.75, 3.05) is 13.1 Å². The SMILES string of the molecule is [O-][Cl+3]([O-])([O-])[O-].c1nsc(=[N+]2CCCCC2)s1. The number of nitrogens with zero attached hydrogens (tertiary/aromatic N) is 2. The Kier molecular flexibility index (Phi) is 5.76. The van der Waals surface area contributed by atoms with Gasteiger partial charge in [-0.05, 0) is 17.8 Å². The molecular formula is C7H11ClN2O4S2. The van der Waals surface area contributed by atoms with Crippen LogP contribution in [0.1, 0.15) is 19.3 Å². The lowest BCUT2D eigenvalue weighted by atomic mass is 10.2. The van der Waals surface area contributed by atoms with E-state index in [4.69, 9.17) is 18.6 Å². The molecule has 2 rings (SSSR count). The Bertz CT molecular complexity index is 342. The summed E-state index contributed by atoms with van der Waals surface area (Å²) in [5.41, 5.74) is 1.93. The van der Waals surface area contributed by atoms with Gasteiger partial charge >= 0.3 is 3.98 Å². The molecule has 1 aromatic rings. The summed E-state index contributed by atoms with van der Waals surface area (Å²) in [6.07, 6.45) is 4.11. The molecule has 2 heterocycles. The van der Waals surface area contributed by atoms with Gasteiger partial charge in [-0.1, -0.05) is 0 Å². The highest BCUT2D eigenvalue weighted by molar-refractivity contribution is 7.22. The molecule has 16 heavy (non-hydrogen) atoms. The minimum absolute atomic E-state index is 1.23. The van der Waals surface area contributed by atoms with E-state index < -0.39 is 10.2 Å². The van der Waals surface area contributed by atoms with Gasteiger partial charge < -0.3 is 0 Å². The van der Waals surface area contributed by atoms with Crippen molar-refractivity contribution in [1.82, 2.24) is 8.95 Å². The van der Waals surface area contributed by atoms with Crippen LogP contribution in [0.5, 0.6) is 0 Å². The number of piperidine rings is 1. The molecule has 9 heteroatoms. The van der Waals surface area contributed by atoms with Gasteiger partial charge in [-0.3, -0.25) is 0 Å². The molecule has 0 atom stereocenters. The number of aromatic nitrogens is 1. The van der Waals surface area contributed by atoms with Gasteiger partial charge in [0.15, 0.2) is 0 Å². The lowest BCUT2D eigenvalue weighted by Gasteiger charge is -2.17. The highest BCUT2D eigenvalue weighted by atomic mass is 35.7. The van der Waals surface area contributed by atoms with Gasteiger partial charge in [0.1, 0.15) is 13.1 Å². The van der Waals surface area contributed by atoms with Crippen molar-refractivity contribution in [3.05, 3.63) is 9.50 Å². The molecule has 1 aromatic heterocycles. The summed E-state index contributed by atoms with van der Waals surface area (Å²) in [7, 11) is -4.94. The predicted molar refractivity (Wildman–Crippen MR) is 48.8 cm³/mol. The Labute approximate surface area is 103 Å². The average molecular weight is 287 g/mol. The lowest BCUT2D eigenvalue weighted by molar-refractivity contribution is -2.00. The van der Waals surface area contributed by atoms with Gasteiger partial charge in [0.05, 0.1) is 5.51 Å². The first-order chi connectivity index (χ1) is 7.47. The lowest BCUT2D eigenvalue weighted by Crippen LogP contribution is -2.68. The summed E-state index contributed by atoms with van der Waals surface area (Å²) < 4.78 is 41.9. The summed E-state index contributed by atoms with van der Waals surface area (Å²) >= 11 is 3.39. The van der Waals surface area contributed by atoms with E-state index in [-0.39, 0.29) is 0 Å². The second-order valence-electron chi connectivity index (χ2n) is 3.11. The molecule has 0 spiro atoms. The van der Waals surface area contributed by atoms with Crippen LogP contribution < -0.4 is 27.2 Å². The molecule has 1 aliphatic rings. The third-order valence-corrected chi connectivity index (χ3v) is 3.88. The third-order valence-electron chi connectivity index (χ3n) is 1.94. The van der Waals surface area contributed by atoms with E-state index in [9.17, 15) is 0 Å². The molecule has 6 nitrogen and oxygen atoms in total. The first-order valence-electron chi connectivity index (χ1n) is 4.56. The van der Waals surface area contributed by atoms with Crippen LogP contribution in [0.3, 0.4) is 0 Å². The normalized spacial score (nSPS) is 16.6. The number of hydrogen-bond donors (Lipinski definition) is 0. The van der Waals surface area contributed by atoms with Crippen molar-refractivity contribution in [2.24, 2.45) is 0 Å². The molecule has 0 saturated carbocycles. The first-order valence-corrected chi connectivity index (χ1v) is 7.45. The maximum absolute atomic E-state index is 8.49. The van der Waals surface area contributed by atoms with Crippen LogP contribution in [-0.2, 0) is 0 Å². The maximum atomic E-state index is 8.49. The molecule has 0 N–H and O–H groups in total. The molecule has 0 amide bonds. The molecule has 0 radical (unpaired) electrons. The second-order valence-corrected chi connectivity index (χ2v) is 5.74. The van der Waals surface area contributed by atoms with Crippen molar-refractivity contribution in [3.8, 4) is 0 Å². The van der Waals surface area contributed by atoms with E-state index in [0.717, 1.165) is 0 Å². The first kappa shape index (κ1) is 14.0. The van der Waals surface area contributed by atoms with E-state index in [1.165, 1.54) is 36.3 Å². The van der Waals surface area contributed by atoms with Gasteiger partial charge in [0.2, 0.25) is 0 Å². The smallest absolute Gasteiger partial charge is 0.222 e.